The second-order valence-corrected chi connectivity index (χ2v) is 16.8. The van der Waals surface area contributed by atoms with Crippen LogP contribution in [0.15, 0.2) is 20.0 Å². The Morgan fingerprint density at radius 3 is 1.27 bits per heavy atom. The molecule has 0 aromatic rings. The van der Waals surface area contributed by atoms with Crippen molar-refractivity contribution in [3.05, 3.63) is 0 Å². The number of carbonyl (C=O) groups excluding carboxylic acids is 6. The van der Waals surface area contributed by atoms with Gasteiger partial charge in [-0.25, -0.2) is 4.79 Å². The number of carboxylic acids is 1. The van der Waals surface area contributed by atoms with E-state index < -0.39 is 83.7 Å². The van der Waals surface area contributed by atoms with E-state index >= 15 is 0 Å². The third-order valence-corrected chi connectivity index (χ3v) is 11.0. The van der Waals surface area contributed by atoms with Gasteiger partial charge in [0.25, 0.3) is 0 Å². The lowest BCUT2D eigenvalue weighted by Crippen LogP contribution is -2.59. The van der Waals surface area contributed by atoms with Gasteiger partial charge >= 0.3 is 5.97 Å². The normalized spacial score (nSPS) is 15.6. The fourth-order valence-corrected chi connectivity index (χ4v) is 7.33. The second kappa shape index (κ2) is 34.5. The van der Waals surface area contributed by atoms with Gasteiger partial charge in [0.15, 0.2) is 23.8 Å². The summed E-state index contributed by atoms with van der Waals surface area (Å²) in [7, 11) is 0. The first-order chi connectivity index (χ1) is 33.2. The molecule has 1 heterocycles. The van der Waals surface area contributed by atoms with Crippen LogP contribution >= 0.6 is 0 Å². The average molecular weight is 996 g/mol. The number of aliphatic imine (C=N–C) groups is 4. The molecule has 70 heavy (non-hydrogen) atoms. The van der Waals surface area contributed by atoms with Gasteiger partial charge in [-0.05, 0) is 116 Å². The van der Waals surface area contributed by atoms with E-state index in [1.807, 2.05) is 0 Å². The van der Waals surface area contributed by atoms with Crippen molar-refractivity contribution in [3.8, 4) is 0 Å². The summed E-state index contributed by atoms with van der Waals surface area (Å²) >= 11 is 0. The number of rotatable bonds is 36. The highest BCUT2D eigenvalue weighted by molar-refractivity contribution is 5.97. The fraction of sp³-hybridized carbons (Fsp3) is 0.732. The van der Waals surface area contributed by atoms with Crippen molar-refractivity contribution in [3.63, 3.8) is 0 Å². The van der Waals surface area contributed by atoms with E-state index in [1.54, 1.807) is 0 Å². The molecule has 6 amide bonds. The molecule has 0 radical (unpaired) electrons. The number of likely N-dealkylation sites (tertiary alicyclic amines) is 1. The van der Waals surface area contributed by atoms with Gasteiger partial charge in [0.1, 0.15) is 36.3 Å². The van der Waals surface area contributed by atoms with Crippen LogP contribution in [-0.4, -0.2) is 163 Å². The number of unbranched alkanes of at least 4 members (excludes halogenated alkanes) is 2. The second-order valence-electron chi connectivity index (χ2n) is 16.8. The summed E-state index contributed by atoms with van der Waals surface area (Å²) in [4.78, 5) is 113. The smallest absolute Gasteiger partial charge is 0.326 e. The van der Waals surface area contributed by atoms with Gasteiger partial charge in [0, 0.05) is 32.7 Å². The largest absolute Gasteiger partial charge is 0.480 e. The lowest BCUT2D eigenvalue weighted by atomic mass is 10.0. The van der Waals surface area contributed by atoms with Gasteiger partial charge in [0.05, 0.1) is 6.04 Å². The number of amides is 6. The Hall–Kier alpha value is -6.75. The summed E-state index contributed by atoms with van der Waals surface area (Å²) in [6, 6.07) is -8.29. The first-order valence-electron chi connectivity index (χ1n) is 23.6. The number of hydrogen-bond donors (Lipinski definition) is 17. The monoisotopic (exact) mass is 996 g/mol. The SMILES string of the molecule is NCCCC[C@H](NC(=O)[C@H](CCCCN)NC(=O)[C@@H](N)CCCN=C(N)N)C(=O)N[C@@H](CCCN=C(N)N)C(=O)N1CCC[C@H]1C(=O)N[C@@H](CCCN=C(N)N)C(=O)N[C@@H](CCCN=C(N)N)C(=O)O. The van der Waals surface area contributed by atoms with Crippen molar-refractivity contribution in [2.45, 2.75) is 145 Å². The molecule has 28 N–H and O–H groups in total. The Balaban J connectivity index is 3.45. The van der Waals surface area contributed by atoms with E-state index in [9.17, 15) is 38.7 Å². The maximum atomic E-state index is 14.5. The molecule has 0 aliphatic carbocycles. The molecule has 29 nitrogen and oxygen atoms in total. The van der Waals surface area contributed by atoms with Crippen molar-refractivity contribution >= 4 is 65.3 Å². The van der Waals surface area contributed by atoms with E-state index in [2.05, 4.69) is 46.6 Å². The highest BCUT2D eigenvalue weighted by Crippen LogP contribution is 2.21. The molecule has 0 aromatic carbocycles. The molecule has 1 fully saturated rings. The van der Waals surface area contributed by atoms with Crippen LogP contribution in [0.1, 0.15) is 103 Å². The summed E-state index contributed by atoms with van der Waals surface area (Å²) in [6.45, 7) is 1.27. The van der Waals surface area contributed by atoms with E-state index in [1.165, 1.54) is 4.90 Å². The van der Waals surface area contributed by atoms with E-state index in [-0.39, 0.29) is 121 Å². The molecule has 1 aliphatic heterocycles. The Kier molecular flexibility index (Phi) is 30.2. The zero-order chi connectivity index (χ0) is 52.6. The molecular weight excluding hydrogens is 915 g/mol. The number of guanidine groups is 4. The third kappa shape index (κ3) is 25.6. The summed E-state index contributed by atoms with van der Waals surface area (Å²) in [5.41, 5.74) is 61.0. The Morgan fingerprint density at radius 2 is 0.843 bits per heavy atom. The molecule has 29 heteroatoms. The zero-order valence-electron chi connectivity index (χ0n) is 40.2. The van der Waals surface area contributed by atoms with Crippen molar-refractivity contribution in [1.29, 1.82) is 0 Å². The summed E-state index contributed by atoms with van der Waals surface area (Å²) < 4.78 is 0. The molecule has 0 aromatic heterocycles. The van der Waals surface area contributed by atoms with E-state index in [0.29, 0.717) is 51.6 Å². The van der Waals surface area contributed by atoms with Gasteiger partial charge < -0.3 is 99.7 Å². The fourth-order valence-electron chi connectivity index (χ4n) is 7.33. The predicted octanol–water partition coefficient (Wildman–Crippen LogP) is -6.71. The number of aliphatic carboxylic acids is 1. The average Bonchev–Trinajstić information content (AvgIpc) is 3.79. The molecule has 7 atom stereocenters. The molecule has 0 bridgehead atoms. The molecule has 0 spiro atoms. The lowest BCUT2D eigenvalue weighted by Gasteiger charge is -2.31. The van der Waals surface area contributed by atoms with Gasteiger partial charge in [-0.1, -0.05) is 0 Å². The highest BCUT2D eigenvalue weighted by atomic mass is 16.4. The molecule has 0 unspecified atom stereocenters. The Labute approximate surface area is 408 Å². The number of nitrogens with zero attached hydrogens (tertiary/aromatic N) is 5. The Bertz CT molecular complexity index is 1780. The van der Waals surface area contributed by atoms with Crippen LogP contribution in [-0.2, 0) is 33.6 Å². The number of nitrogens with two attached hydrogens (primary N) is 11. The topological polar surface area (TPSA) is 539 Å². The standard InChI is InChI=1S/C41H81N21O8/c42-17-3-1-11-25(57-31(63)24(44)10-5-19-53-38(45)46)32(64)58-26(12-2-4-18-43)33(65)60-28(14-7-21-55-40(49)50)36(68)62-23-9-16-30(62)35(67)59-27(13-6-20-54-39(47)48)34(66)61-29(37(69)70)15-8-22-56-41(51)52/h24-30H,1-23,42-44H2,(H,57,63)(H,58,64)(H,59,67)(H,60,65)(H,61,66)(H,69,70)(H4,45,46,53)(H4,47,48,54)(H4,49,50,55)(H4,51,52,56)/t24-,25-,26-,27-,28-,29-,30-/m0/s1. The summed E-state index contributed by atoms with van der Waals surface area (Å²) in [6.07, 6.45) is 3.97. The molecule has 1 rings (SSSR count). The summed E-state index contributed by atoms with van der Waals surface area (Å²) in [5, 5.41) is 23.2. The Morgan fingerprint density at radius 1 is 0.486 bits per heavy atom. The van der Waals surface area contributed by atoms with E-state index in [4.69, 9.17) is 63.1 Å². The predicted molar refractivity (Wildman–Crippen MR) is 265 cm³/mol. The van der Waals surface area contributed by atoms with Crippen LogP contribution in [0.3, 0.4) is 0 Å². The third-order valence-electron chi connectivity index (χ3n) is 11.0. The van der Waals surface area contributed by atoms with Crippen LogP contribution in [0, 0.1) is 0 Å². The minimum Gasteiger partial charge on any atom is -0.480 e. The van der Waals surface area contributed by atoms with Crippen molar-refractivity contribution < 1.29 is 38.7 Å². The van der Waals surface area contributed by atoms with Crippen LogP contribution in [0.25, 0.3) is 0 Å². The molecular formula is C41H81N21O8. The van der Waals surface area contributed by atoms with Gasteiger partial charge in [-0.3, -0.25) is 48.7 Å². The summed E-state index contributed by atoms with van der Waals surface area (Å²) in [5.74, 6) is -6.13. The number of nitrogens with one attached hydrogen (secondary N) is 5. The maximum absolute atomic E-state index is 14.5. The van der Waals surface area contributed by atoms with Gasteiger partial charge in [-0.2, -0.15) is 0 Å². The van der Waals surface area contributed by atoms with Gasteiger partial charge in [0.2, 0.25) is 35.4 Å². The number of hydrogen-bond acceptors (Lipinski definition) is 14. The first-order valence-corrected chi connectivity index (χ1v) is 23.6. The van der Waals surface area contributed by atoms with Crippen molar-refractivity contribution in [1.82, 2.24) is 31.5 Å². The molecule has 398 valence electrons. The van der Waals surface area contributed by atoms with Crippen LogP contribution in [0.4, 0.5) is 0 Å². The number of carbonyl (C=O) groups is 7. The van der Waals surface area contributed by atoms with Crippen LogP contribution < -0.4 is 89.7 Å². The van der Waals surface area contributed by atoms with Crippen molar-refractivity contribution in [2.24, 2.45) is 83.0 Å². The molecule has 1 aliphatic rings. The van der Waals surface area contributed by atoms with E-state index in [0.717, 1.165) is 0 Å². The first kappa shape index (κ1) is 61.3. The number of carboxylic acid groups (broad SMARTS) is 1. The zero-order valence-corrected chi connectivity index (χ0v) is 40.2. The van der Waals surface area contributed by atoms with Crippen LogP contribution in [0.5, 0.6) is 0 Å². The quantitative estimate of drug-likeness (QED) is 0.0158. The van der Waals surface area contributed by atoms with Crippen molar-refractivity contribution in [2.75, 3.05) is 45.8 Å². The highest BCUT2D eigenvalue weighted by Gasteiger charge is 2.40. The maximum Gasteiger partial charge on any atom is 0.326 e. The minimum atomic E-state index is -1.35. The van der Waals surface area contributed by atoms with Gasteiger partial charge in [-0.15, -0.1) is 0 Å². The molecule has 1 saturated heterocycles. The van der Waals surface area contributed by atoms with Crippen LogP contribution in [0.2, 0.25) is 0 Å². The molecule has 0 saturated carbocycles. The minimum absolute atomic E-state index is 0.00405. The lowest BCUT2D eigenvalue weighted by molar-refractivity contribution is -0.144.